The lowest BCUT2D eigenvalue weighted by Gasteiger charge is -2.24. The maximum Gasteiger partial charge on any atom is 0.259 e. The Balaban J connectivity index is 1.71. The van der Waals surface area contributed by atoms with Crippen molar-refractivity contribution < 1.29 is 9.18 Å². The number of rotatable bonds is 4. The lowest BCUT2D eigenvalue weighted by molar-refractivity contribution is 0.102. The monoisotopic (exact) mass is 364 g/mol. The summed E-state index contributed by atoms with van der Waals surface area (Å²) >= 11 is 0. The zero-order chi connectivity index (χ0) is 18.6. The number of carbonyl (C=O) groups excluding carboxylic acids is 1. The fraction of sp³-hybridized carbons (Fsp3) is 0.238. The molecule has 4 rings (SSSR count). The van der Waals surface area contributed by atoms with E-state index in [1.54, 1.807) is 18.3 Å². The van der Waals surface area contributed by atoms with Gasteiger partial charge in [-0.15, -0.1) is 0 Å². The largest absolute Gasteiger partial charge is 0.322 e. The topological polar surface area (TPSA) is 59.0 Å². The zero-order valence-electron chi connectivity index (χ0n) is 14.9. The summed E-state index contributed by atoms with van der Waals surface area (Å²) < 4.78 is 15.3. The first-order valence-corrected chi connectivity index (χ1v) is 9.13. The van der Waals surface area contributed by atoms with Gasteiger partial charge < -0.3 is 10.6 Å². The highest BCUT2D eigenvalue weighted by Gasteiger charge is 2.27. The number of hydrogen-bond donors (Lipinski definition) is 2. The van der Waals surface area contributed by atoms with E-state index in [0.29, 0.717) is 11.3 Å². The Morgan fingerprint density at radius 1 is 1.11 bits per heavy atom. The zero-order valence-corrected chi connectivity index (χ0v) is 14.9. The van der Waals surface area contributed by atoms with E-state index in [1.807, 2.05) is 35.0 Å². The van der Waals surface area contributed by atoms with Gasteiger partial charge in [0.2, 0.25) is 0 Å². The number of hydrogen-bond acceptors (Lipinski definition) is 3. The maximum atomic E-state index is 13.4. The van der Waals surface area contributed by atoms with Crippen molar-refractivity contribution in [1.29, 1.82) is 0 Å². The van der Waals surface area contributed by atoms with Crippen LogP contribution in [0.2, 0.25) is 0 Å². The van der Waals surface area contributed by atoms with Crippen LogP contribution in [0.3, 0.4) is 0 Å². The van der Waals surface area contributed by atoms with E-state index in [9.17, 15) is 9.18 Å². The number of benzene rings is 2. The van der Waals surface area contributed by atoms with Crippen molar-refractivity contribution in [3.63, 3.8) is 0 Å². The van der Waals surface area contributed by atoms with Crippen LogP contribution in [0, 0.1) is 5.82 Å². The molecular weight excluding hydrogens is 343 g/mol. The van der Waals surface area contributed by atoms with Crippen LogP contribution in [0.4, 0.5) is 10.1 Å². The molecule has 0 radical (unpaired) electrons. The number of piperidine rings is 1. The molecule has 0 aliphatic carbocycles. The number of amides is 1. The second-order valence-corrected chi connectivity index (χ2v) is 6.68. The van der Waals surface area contributed by atoms with Gasteiger partial charge in [-0.2, -0.15) is 5.10 Å². The summed E-state index contributed by atoms with van der Waals surface area (Å²) in [5.41, 5.74) is 2.81. The van der Waals surface area contributed by atoms with Gasteiger partial charge in [-0.05, 0) is 56.3 Å². The normalized spacial score (nSPS) is 14.9. The minimum absolute atomic E-state index is 0.238. The third-order valence-electron chi connectivity index (χ3n) is 4.86. The predicted molar refractivity (Wildman–Crippen MR) is 103 cm³/mol. The van der Waals surface area contributed by atoms with Crippen molar-refractivity contribution in [1.82, 2.24) is 15.1 Å². The molecule has 0 unspecified atom stereocenters. The van der Waals surface area contributed by atoms with E-state index >= 15 is 0 Å². The summed E-state index contributed by atoms with van der Waals surface area (Å²) in [6, 6.07) is 15.7. The minimum atomic E-state index is -0.383. The van der Waals surface area contributed by atoms with Crippen LogP contribution in [0.1, 0.15) is 34.8 Å². The number of nitrogens with zero attached hydrogens (tertiary/aromatic N) is 2. The molecule has 0 bridgehead atoms. The molecule has 1 aromatic heterocycles. The van der Waals surface area contributed by atoms with E-state index in [4.69, 9.17) is 0 Å². The number of halogens is 1. The van der Waals surface area contributed by atoms with Gasteiger partial charge in [-0.25, -0.2) is 9.07 Å². The second kappa shape index (κ2) is 7.72. The average molecular weight is 364 g/mol. The molecule has 6 heteroatoms. The molecule has 1 saturated heterocycles. The maximum absolute atomic E-state index is 13.4. The highest BCUT2D eigenvalue weighted by molar-refractivity contribution is 6.05. The third-order valence-corrected chi connectivity index (χ3v) is 4.86. The van der Waals surface area contributed by atoms with Crippen molar-refractivity contribution >= 4 is 11.6 Å². The summed E-state index contributed by atoms with van der Waals surface area (Å²) in [5, 5.41) is 10.7. The molecule has 0 saturated carbocycles. The van der Waals surface area contributed by atoms with Gasteiger partial charge >= 0.3 is 0 Å². The Kier molecular flexibility index (Phi) is 4.98. The molecule has 138 valence electrons. The lowest BCUT2D eigenvalue weighted by atomic mass is 9.91. The van der Waals surface area contributed by atoms with Crippen LogP contribution in [0.5, 0.6) is 0 Å². The summed E-state index contributed by atoms with van der Waals surface area (Å²) in [4.78, 5) is 12.9. The van der Waals surface area contributed by atoms with Gasteiger partial charge in [0.15, 0.2) is 0 Å². The van der Waals surface area contributed by atoms with Crippen LogP contribution in [-0.2, 0) is 0 Å². The first kappa shape index (κ1) is 17.4. The molecule has 3 aromatic rings. The van der Waals surface area contributed by atoms with Crippen LogP contribution < -0.4 is 10.6 Å². The van der Waals surface area contributed by atoms with E-state index in [2.05, 4.69) is 15.7 Å². The standard InChI is InChI=1S/C21H21FN4O/c22-16-5-4-6-17(13-16)25-21(27)19-14-24-26(18-7-2-1-3-8-18)20(19)15-9-11-23-12-10-15/h1-8,13-15,23H,9-12H2,(H,25,27). The Morgan fingerprint density at radius 2 is 1.89 bits per heavy atom. The summed E-state index contributed by atoms with van der Waals surface area (Å²) in [7, 11) is 0. The minimum Gasteiger partial charge on any atom is -0.322 e. The van der Waals surface area contributed by atoms with E-state index in [0.717, 1.165) is 37.3 Å². The number of carbonyl (C=O) groups is 1. The van der Waals surface area contributed by atoms with Crippen molar-refractivity contribution in [2.24, 2.45) is 0 Å². The van der Waals surface area contributed by atoms with Crippen molar-refractivity contribution in [2.75, 3.05) is 18.4 Å². The SMILES string of the molecule is O=C(Nc1cccc(F)c1)c1cnn(-c2ccccc2)c1C1CCNCC1. The van der Waals surface area contributed by atoms with Gasteiger partial charge in [0.25, 0.3) is 5.91 Å². The Labute approximate surface area is 157 Å². The molecule has 0 atom stereocenters. The Hall–Kier alpha value is -2.99. The van der Waals surface area contributed by atoms with Crippen LogP contribution in [0.15, 0.2) is 60.8 Å². The smallest absolute Gasteiger partial charge is 0.259 e. The van der Waals surface area contributed by atoms with Crippen molar-refractivity contribution in [2.45, 2.75) is 18.8 Å². The van der Waals surface area contributed by atoms with Gasteiger partial charge in [0.05, 0.1) is 23.1 Å². The summed E-state index contributed by atoms with van der Waals surface area (Å²) in [6.07, 6.45) is 3.50. The molecule has 1 amide bonds. The second-order valence-electron chi connectivity index (χ2n) is 6.68. The van der Waals surface area contributed by atoms with Gasteiger partial charge in [-0.1, -0.05) is 24.3 Å². The molecule has 1 aliphatic rings. The molecule has 2 aromatic carbocycles. The molecular formula is C21H21FN4O. The number of para-hydroxylation sites is 1. The number of aromatic nitrogens is 2. The van der Waals surface area contributed by atoms with E-state index in [1.165, 1.54) is 12.1 Å². The first-order chi connectivity index (χ1) is 13.2. The molecule has 27 heavy (non-hydrogen) atoms. The molecule has 1 aliphatic heterocycles. The molecule has 5 nitrogen and oxygen atoms in total. The average Bonchev–Trinajstić information content (AvgIpc) is 3.15. The van der Waals surface area contributed by atoms with Gasteiger partial charge in [0, 0.05) is 11.6 Å². The van der Waals surface area contributed by atoms with Crippen LogP contribution >= 0.6 is 0 Å². The number of anilines is 1. The van der Waals surface area contributed by atoms with Crippen molar-refractivity contribution in [3.8, 4) is 5.69 Å². The summed E-state index contributed by atoms with van der Waals surface area (Å²) in [6.45, 7) is 1.82. The van der Waals surface area contributed by atoms with Gasteiger partial charge in [0.1, 0.15) is 5.82 Å². The summed E-state index contributed by atoms with van der Waals surface area (Å²) in [5.74, 6) is -0.412. The lowest BCUT2D eigenvalue weighted by Crippen LogP contribution is -2.29. The van der Waals surface area contributed by atoms with Crippen molar-refractivity contribution in [3.05, 3.63) is 77.9 Å². The first-order valence-electron chi connectivity index (χ1n) is 9.13. The predicted octanol–water partition coefficient (Wildman–Crippen LogP) is 3.73. The molecule has 2 N–H and O–H groups in total. The van der Waals surface area contributed by atoms with Crippen LogP contribution in [0.25, 0.3) is 5.69 Å². The Bertz CT molecular complexity index is 932. The highest BCUT2D eigenvalue weighted by Crippen LogP contribution is 2.30. The quantitative estimate of drug-likeness (QED) is 0.742. The Morgan fingerprint density at radius 3 is 2.63 bits per heavy atom. The molecule has 2 heterocycles. The molecule has 1 fully saturated rings. The fourth-order valence-corrected chi connectivity index (χ4v) is 3.56. The van der Waals surface area contributed by atoms with E-state index < -0.39 is 0 Å². The van der Waals surface area contributed by atoms with Gasteiger partial charge in [-0.3, -0.25) is 4.79 Å². The third kappa shape index (κ3) is 3.75. The van der Waals surface area contributed by atoms with E-state index in [-0.39, 0.29) is 17.6 Å². The molecule has 0 spiro atoms. The fourth-order valence-electron chi connectivity index (χ4n) is 3.56. The van der Waals surface area contributed by atoms with Crippen LogP contribution in [-0.4, -0.2) is 28.8 Å². The highest BCUT2D eigenvalue weighted by atomic mass is 19.1. The number of nitrogens with one attached hydrogen (secondary N) is 2.